The predicted octanol–water partition coefficient (Wildman–Crippen LogP) is 6.33. The number of nitrogens with zero attached hydrogens (tertiary/aromatic N) is 4. The number of aromatic nitrogens is 3. The van der Waals surface area contributed by atoms with Crippen molar-refractivity contribution in [3.05, 3.63) is 82.6 Å². The van der Waals surface area contributed by atoms with Crippen LogP contribution in [-0.4, -0.2) is 46.0 Å². The van der Waals surface area contributed by atoms with Crippen LogP contribution in [0.4, 0.5) is 11.4 Å². The van der Waals surface area contributed by atoms with Gasteiger partial charge in [0.25, 0.3) is 0 Å². The lowest BCUT2D eigenvalue weighted by molar-refractivity contribution is 0.284. The zero-order chi connectivity index (χ0) is 27.0. The molecule has 0 spiro atoms. The van der Waals surface area contributed by atoms with Crippen molar-refractivity contribution in [1.29, 1.82) is 5.26 Å². The normalized spacial score (nSPS) is 14.5. The smallest absolute Gasteiger partial charge is 0.103 e. The van der Waals surface area contributed by atoms with E-state index >= 15 is 0 Å². The van der Waals surface area contributed by atoms with Gasteiger partial charge in [-0.05, 0) is 87.8 Å². The Morgan fingerprint density at radius 1 is 1.05 bits per heavy atom. The molecule has 0 saturated carbocycles. The molecule has 1 aromatic carbocycles. The summed E-state index contributed by atoms with van der Waals surface area (Å²) >= 11 is 0. The highest BCUT2D eigenvalue weighted by molar-refractivity contribution is 5.90. The van der Waals surface area contributed by atoms with Crippen LogP contribution in [0.25, 0.3) is 23.1 Å². The third-order valence-electron chi connectivity index (χ3n) is 7.56. The van der Waals surface area contributed by atoms with Gasteiger partial charge in [0.05, 0.1) is 22.6 Å². The molecule has 0 unspecified atom stereocenters. The lowest BCUT2D eigenvalue weighted by atomic mass is 10.0. The SMILES string of the molecule is Cc1ncc(C#N)c(Nc2ccc3[nH]ccc3c2C)c1C=Cc1cccc(CNCCN2CCCCCC2)n1. The monoisotopic (exact) mass is 519 g/mol. The first-order valence-electron chi connectivity index (χ1n) is 13.9. The Bertz CT molecular complexity index is 1490. The maximum Gasteiger partial charge on any atom is 0.103 e. The van der Waals surface area contributed by atoms with Gasteiger partial charge in [0.1, 0.15) is 6.07 Å². The van der Waals surface area contributed by atoms with Crippen LogP contribution in [0.3, 0.4) is 0 Å². The minimum absolute atomic E-state index is 0.504. The van der Waals surface area contributed by atoms with Crippen LogP contribution in [0.1, 0.15) is 59.5 Å². The maximum absolute atomic E-state index is 9.86. The number of hydrogen-bond acceptors (Lipinski definition) is 6. The third-order valence-corrected chi connectivity index (χ3v) is 7.56. The van der Waals surface area contributed by atoms with E-state index < -0.39 is 0 Å². The molecule has 4 heterocycles. The van der Waals surface area contributed by atoms with Gasteiger partial charge in [-0.25, -0.2) is 0 Å². The molecule has 0 radical (unpaired) electrons. The molecule has 1 fully saturated rings. The van der Waals surface area contributed by atoms with E-state index in [9.17, 15) is 5.26 Å². The Morgan fingerprint density at radius 2 is 1.90 bits per heavy atom. The Hall–Kier alpha value is -3.99. The molecule has 200 valence electrons. The number of nitriles is 1. The van der Waals surface area contributed by atoms with Crippen LogP contribution in [0.15, 0.2) is 48.8 Å². The van der Waals surface area contributed by atoms with Crippen LogP contribution in [-0.2, 0) is 6.54 Å². The molecule has 1 saturated heterocycles. The second kappa shape index (κ2) is 12.7. The van der Waals surface area contributed by atoms with Gasteiger partial charge in [0.2, 0.25) is 0 Å². The summed E-state index contributed by atoms with van der Waals surface area (Å²) in [5.41, 5.74) is 8.05. The number of fused-ring (bicyclic) bond motifs is 1. The summed E-state index contributed by atoms with van der Waals surface area (Å²) in [5, 5.41) is 18.1. The number of aromatic amines is 1. The minimum atomic E-state index is 0.504. The molecule has 0 aliphatic carbocycles. The fourth-order valence-electron chi connectivity index (χ4n) is 5.27. The molecule has 0 amide bonds. The number of rotatable bonds is 9. The van der Waals surface area contributed by atoms with Crippen LogP contribution in [0, 0.1) is 25.2 Å². The highest BCUT2D eigenvalue weighted by Gasteiger charge is 2.14. The van der Waals surface area contributed by atoms with Crippen molar-refractivity contribution in [2.45, 2.75) is 46.1 Å². The molecule has 5 rings (SSSR count). The molecule has 1 aliphatic heterocycles. The first kappa shape index (κ1) is 26.6. The molecule has 0 bridgehead atoms. The number of likely N-dealkylation sites (tertiary alicyclic amines) is 1. The van der Waals surface area contributed by atoms with Crippen molar-refractivity contribution in [3.8, 4) is 6.07 Å². The Labute approximate surface area is 231 Å². The van der Waals surface area contributed by atoms with Gasteiger partial charge in [0, 0.05) is 59.9 Å². The second-order valence-corrected chi connectivity index (χ2v) is 10.3. The average molecular weight is 520 g/mol. The zero-order valence-corrected chi connectivity index (χ0v) is 22.9. The van der Waals surface area contributed by atoms with Crippen molar-refractivity contribution in [2.24, 2.45) is 0 Å². The molecule has 4 aromatic rings. The molecule has 7 heteroatoms. The molecule has 3 aromatic heterocycles. The van der Waals surface area contributed by atoms with Crippen LogP contribution in [0.5, 0.6) is 0 Å². The summed E-state index contributed by atoms with van der Waals surface area (Å²) in [4.78, 5) is 15.2. The van der Waals surface area contributed by atoms with Crippen molar-refractivity contribution in [3.63, 3.8) is 0 Å². The summed E-state index contributed by atoms with van der Waals surface area (Å²) in [7, 11) is 0. The number of pyridine rings is 2. The van der Waals surface area contributed by atoms with E-state index in [1.165, 1.54) is 38.8 Å². The summed E-state index contributed by atoms with van der Waals surface area (Å²) in [6.45, 7) is 9.30. The highest BCUT2D eigenvalue weighted by atomic mass is 15.1. The zero-order valence-electron chi connectivity index (χ0n) is 22.9. The van der Waals surface area contributed by atoms with E-state index in [-0.39, 0.29) is 0 Å². The number of H-pyrrole nitrogens is 1. The molecular weight excluding hydrogens is 482 g/mol. The first-order valence-corrected chi connectivity index (χ1v) is 13.9. The van der Waals surface area contributed by atoms with Gasteiger partial charge >= 0.3 is 0 Å². The standard InChI is InChI=1S/C32H37N7/c1-23-28-14-15-35-31(28)13-12-30(23)38-32-25(20-33)21-36-24(2)29(32)11-10-26-8-7-9-27(37-26)22-34-16-19-39-17-5-3-4-6-18-39/h7-15,21,34-35H,3-6,16-19,22H2,1-2H3,(H,36,38). The van der Waals surface area contributed by atoms with E-state index in [2.05, 4.69) is 56.7 Å². The lowest BCUT2D eigenvalue weighted by Gasteiger charge is -2.19. The van der Waals surface area contributed by atoms with Gasteiger partial charge in [0.15, 0.2) is 0 Å². The van der Waals surface area contributed by atoms with E-state index in [4.69, 9.17) is 4.98 Å². The van der Waals surface area contributed by atoms with E-state index in [1.54, 1.807) is 6.20 Å². The number of hydrogen-bond donors (Lipinski definition) is 3. The van der Waals surface area contributed by atoms with Crippen molar-refractivity contribution in [1.82, 2.24) is 25.2 Å². The Balaban J connectivity index is 1.30. The van der Waals surface area contributed by atoms with Gasteiger partial charge in [-0.1, -0.05) is 18.9 Å². The molecular formula is C32H37N7. The van der Waals surface area contributed by atoms with Crippen LogP contribution >= 0.6 is 0 Å². The largest absolute Gasteiger partial charge is 0.361 e. The van der Waals surface area contributed by atoms with E-state index in [0.29, 0.717) is 5.56 Å². The number of benzene rings is 1. The number of nitrogens with one attached hydrogen (secondary N) is 3. The first-order chi connectivity index (χ1) is 19.1. The van der Waals surface area contributed by atoms with Gasteiger partial charge in [-0.2, -0.15) is 5.26 Å². The molecule has 7 nitrogen and oxygen atoms in total. The lowest BCUT2D eigenvalue weighted by Crippen LogP contribution is -2.32. The van der Waals surface area contributed by atoms with Crippen molar-refractivity contribution < 1.29 is 0 Å². The highest BCUT2D eigenvalue weighted by Crippen LogP contribution is 2.32. The molecule has 3 N–H and O–H groups in total. The second-order valence-electron chi connectivity index (χ2n) is 10.3. The average Bonchev–Trinajstić information content (AvgIpc) is 3.29. The molecule has 39 heavy (non-hydrogen) atoms. The van der Waals surface area contributed by atoms with Gasteiger partial charge in [-0.3, -0.25) is 9.97 Å². The summed E-state index contributed by atoms with van der Waals surface area (Å²) in [5.74, 6) is 0. The number of anilines is 2. The van der Waals surface area contributed by atoms with E-state index in [0.717, 1.165) is 70.1 Å². The minimum Gasteiger partial charge on any atom is -0.361 e. The van der Waals surface area contributed by atoms with Gasteiger partial charge in [-0.15, -0.1) is 0 Å². The third kappa shape index (κ3) is 6.54. The molecule has 0 atom stereocenters. The van der Waals surface area contributed by atoms with Gasteiger partial charge < -0.3 is 20.5 Å². The Morgan fingerprint density at radius 3 is 2.72 bits per heavy atom. The Kier molecular flexibility index (Phi) is 8.67. The van der Waals surface area contributed by atoms with Crippen molar-refractivity contribution >= 4 is 34.4 Å². The van der Waals surface area contributed by atoms with E-state index in [1.807, 2.05) is 43.5 Å². The number of aryl methyl sites for hydroxylation is 2. The fraction of sp³-hybridized carbons (Fsp3) is 0.344. The maximum atomic E-state index is 9.86. The fourth-order valence-corrected chi connectivity index (χ4v) is 5.27. The predicted molar refractivity (Wildman–Crippen MR) is 160 cm³/mol. The molecule has 1 aliphatic rings. The summed E-state index contributed by atoms with van der Waals surface area (Å²) in [6, 6.07) is 14.6. The quantitative estimate of drug-likeness (QED) is 0.224. The topological polar surface area (TPSA) is 92.7 Å². The van der Waals surface area contributed by atoms with Crippen LogP contribution < -0.4 is 10.6 Å². The van der Waals surface area contributed by atoms with Crippen LogP contribution in [0.2, 0.25) is 0 Å². The summed E-state index contributed by atoms with van der Waals surface area (Å²) < 4.78 is 0. The van der Waals surface area contributed by atoms with Crippen molar-refractivity contribution in [2.75, 3.05) is 31.5 Å². The summed E-state index contributed by atoms with van der Waals surface area (Å²) in [6.07, 6.45) is 13.0.